The van der Waals surface area contributed by atoms with Crippen molar-refractivity contribution >= 4 is 65.7 Å². The topological polar surface area (TPSA) is 388 Å². The van der Waals surface area contributed by atoms with Crippen LogP contribution in [0, 0.1) is 10.8 Å². The number of rotatable bonds is 32. The molecule has 0 aromatic carbocycles. The van der Waals surface area contributed by atoms with E-state index < -0.39 is 157 Å². The van der Waals surface area contributed by atoms with Gasteiger partial charge < -0.3 is 55.4 Å². The van der Waals surface area contributed by atoms with Gasteiger partial charge in [0.05, 0.1) is 11.7 Å². The zero-order valence-electron chi connectivity index (χ0n) is 34.7. The molecule has 354 valence electrons. The van der Waals surface area contributed by atoms with Gasteiger partial charge in [0.1, 0.15) is 6.61 Å². The molecule has 0 saturated carbocycles. The summed E-state index contributed by atoms with van der Waals surface area (Å²) < 4.78 is 10.7. The number of carboxylic acid groups (broad SMARTS) is 9. The number of hydrogen-bond acceptors (Lipinski definition) is 13. The molecule has 0 rings (SSSR count). The monoisotopic (exact) mass is 926 g/mol. The Bertz CT molecular complexity index is 2180. The van der Waals surface area contributed by atoms with Crippen molar-refractivity contribution in [1.29, 1.82) is 0 Å². The highest BCUT2D eigenvalue weighted by molar-refractivity contribution is 5.93. The van der Waals surface area contributed by atoms with E-state index in [1.165, 1.54) is 0 Å². The van der Waals surface area contributed by atoms with E-state index in [0.29, 0.717) is 54.9 Å². The third-order valence-corrected chi connectivity index (χ3v) is 9.01. The fourth-order valence-electron chi connectivity index (χ4n) is 6.55. The zero-order chi connectivity index (χ0) is 50.5. The Labute approximate surface area is 374 Å². The largest absolute Gasteiger partial charge is 0.478 e. The minimum Gasteiger partial charge on any atom is -0.478 e. The standard InChI is InChI=1S/C44H46O22/c1-2-65-42(64)44(25-9-21-38(57)58,27-28(11-3-15-32(45)46)29(40(61)62)12-4-16-33(47)48)43(23-7-19-36(53)54,24-8-20-37(55)56)31(14-6-18-35(51)52)30(13-5-17-34(49)50)41(63)66-26-10-22-39(59)60/h2-10,15-22H,1,11-14,23-27H2,(H,45,46)(H,47,48)(H,49,50)(H,51,52)(H,53,54)(H,55,56)(H,57,58)(H,59,60)(H,61,62)/b15-3+,16-4+,17-5+,18-6+,19-7+,20-8+,21-9+,22-10+,29-28+,31-30+. The number of aliphatic carboxylic acids is 9. The van der Waals surface area contributed by atoms with Crippen LogP contribution in [0.15, 0.2) is 132 Å². The molecule has 0 aliphatic carbocycles. The molecule has 0 aromatic rings. The summed E-state index contributed by atoms with van der Waals surface area (Å²) in [7, 11) is 0. The van der Waals surface area contributed by atoms with Crippen LogP contribution in [0.25, 0.3) is 0 Å². The molecule has 0 bridgehead atoms. The first-order valence-electron chi connectivity index (χ1n) is 18.8. The third kappa shape index (κ3) is 20.9. The van der Waals surface area contributed by atoms with E-state index in [0.717, 1.165) is 48.6 Å². The Morgan fingerprint density at radius 3 is 1.17 bits per heavy atom. The number of hydrogen-bond donors (Lipinski definition) is 9. The number of esters is 2. The Morgan fingerprint density at radius 2 is 0.773 bits per heavy atom. The van der Waals surface area contributed by atoms with Crippen LogP contribution < -0.4 is 0 Å². The summed E-state index contributed by atoms with van der Waals surface area (Å²) in [5, 5.41) is 86.7. The average Bonchev–Trinajstić information content (AvgIpc) is 3.19. The van der Waals surface area contributed by atoms with Gasteiger partial charge in [-0.2, -0.15) is 0 Å². The predicted molar refractivity (Wildman–Crippen MR) is 225 cm³/mol. The highest BCUT2D eigenvalue weighted by atomic mass is 16.5. The zero-order valence-corrected chi connectivity index (χ0v) is 34.7. The minimum atomic E-state index is -2.74. The van der Waals surface area contributed by atoms with Crippen molar-refractivity contribution in [2.75, 3.05) is 6.61 Å². The summed E-state index contributed by atoms with van der Waals surface area (Å²) in [5.41, 5.74) is -7.58. The molecule has 0 aliphatic heterocycles. The van der Waals surface area contributed by atoms with E-state index in [9.17, 15) is 88.8 Å². The second-order valence-corrected chi connectivity index (χ2v) is 13.2. The van der Waals surface area contributed by atoms with Gasteiger partial charge in [0.2, 0.25) is 0 Å². The highest BCUT2D eigenvalue weighted by Gasteiger charge is 2.58. The summed E-state index contributed by atoms with van der Waals surface area (Å²) in [6, 6.07) is 0. The molecule has 0 amide bonds. The molecule has 0 saturated heterocycles. The maximum Gasteiger partial charge on any atom is 0.334 e. The molecule has 0 spiro atoms. The van der Waals surface area contributed by atoms with E-state index in [4.69, 9.17) is 14.6 Å². The number of carboxylic acids is 9. The summed E-state index contributed by atoms with van der Waals surface area (Å²) in [5.74, 6) is -17.4. The van der Waals surface area contributed by atoms with Gasteiger partial charge in [-0.1, -0.05) is 54.7 Å². The molecule has 22 heteroatoms. The Kier molecular flexibility index (Phi) is 25.7. The lowest BCUT2D eigenvalue weighted by Gasteiger charge is -2.51. The Balaban J connectivity index is 10.2. The second-order valence-electron chi connectivity index (χ2n) is 13.2. The van der Waals surface area contributed by atoms with Crippen LogP contribution in [0.3, 0.4) is 0 Å². The van der Waals surface area contributed by atoms with Crippen LogP contribution in [0.2, 0.25) is 0 Å². The molecule has 66 heavy (non-hydrogen) atoms. The minimum absolute atomic E-state index is 0.428. The van der Waals surface area contributed by atoms with Crippen molar-refractivity contribution in [3.05, 3.63) is 132 Å². The van der Waals surface area contributed by atoms with E-state index in [2.05, 4.69) is 6.58 Å². The number of allylic oxidation sites excluding steroid dienone is 9. The van der Waals surface area contributed by atoms with E-state index in [-0.39, 0.29) is 0 Å². The maximum atomic E-state index is 15.1. The fraction of sp³-hybridized carbons (Fsp3) is 0.250. The lowest BCUT2D eigenvalue weighted by atomic mass is 9.51. The van der Waals surface area contributed by atoms with Crippen molar-refractivity contribution in [1.82, 2.24) is 0 Å². The van der Waals surface area contributed by atoms with E-state index in [1.54, 1.807) is 0 Å². The summed E-state index contributed by atoms with van der Waals surface area (Å²) in [6.45, 7) is 2.57. The SMILES string of the molecule is C=COC(=O)C(C/C=C/C(=O)O)(C/C(C/C=C/C(=O)O)=C(\C/C=C/C(=O)O)C(=O)O)C(C/C=C/C(=O)O)(C/C=C/C(=O)O)/C(C/C=C/C(=O)O)=C(\C/C=C/C(=O)O)C(=O)OC/C=C/C(=O)O. The molecule has 22 nitrogen and oxygen atoms in total. The fourth-order valence-corrected chi connectivity index (χ4v) is 6.55. The van der Waals surface area contributed by atoms with E-state index in [1.807, 2.05) is 0 Å². The molecule has 0 heterocycles. The van der Waals surface area contributed by atoms with Crippen molar-refractivity contribution in [2.45, 2.75) is 51.4 Å². The molecule has 1 atom stereocenters. The van der Waals surface area contributed by atoms with Crippen molar-refractivity contribution in [2.24, 2.45) is 10.8 Å². The predicted octanol–water partition coefficient (Wildman–Crippen LogP) is 4.11. The first-order chi connectivity index (χ1) is 31.0. The van der Waals surface area contributed by atoms with Gasteiger partial charge >= 0.3 is 65.7 Å². The van der Waals surface area contributed by atoms with Gasteiger partial charge in [0.15, 0.2) is 0 Å². The molecule has 9 N–H and O–H groups in total. The van der Waals surface area contributed by atoms with Crippen LogP contribution in [0.4, 0.5) is 0 Å². The Hall–Kier alpha value is -8.69. The maximum absolute atomic E-state index is 15.1. The average molecular weight is 927 g/mol. The van der Waals surface area contributed by atoms with Gasteiger partial charge in [0, 0.05) is 65.2 Å². The molecular formula is C44H46O22. The van der Waals surface area contributed by atoms with Crippen molar-refractivity contribution in [3.8, 4) is 0 Å². The summed E-state index contributed by atoms with van der Waals surface area (Å²) in [6.07, 6.45) is 4.87. The van der Waals surface area contributed by atoms with Gasteiger partial charge in [0.25, 0.3) is 0 Å². The van der Waals surface area contributed by atoms with Crippen molar-refractivity contribution in [3.63, 3.8) is 0 Å². The highest BCUT2D eigenvalue weighted by Crippen LogP contribution is 2.60. The van der Waals surface area contributed by atoms with E-state index >= 15 is 4.79 Å². The first-order valence-corrected chi connectivity index (χ1v) is 18.8. The van der Waals surface area contributed by atoms with Crippen molar-refractivity contribution < 1.29 is 108 Å². The van der Waals surface area contributed by atoms with Crippen LogP contribution in [-0.4, -0.2) is 118 Å². The Morgan fingerprint density at radius 1 is 0.424 bits per heavy atom. The quantitative estimate of drug-likeness (QED) is 0.0260. The van der Waals surface area contributed by atoms with Gasteiger partial charge in [-0.25, -0.2) is 47.9 Å². The second kappa shape index (κ2) is 29.6. The first kappa shape index (κ1) is 57.3. The number of carbonyl (C=O) groups excluding carboxylic acids is 2. The van der Waals surface area contributed by atoms with Crippen LogP contribution in [-0.2, 0) is 62.2 Å². The molecule has 1 unspecified atom stereocenters. The normalized spacial score (nSPS) is 13.9. The smallest absolute Gasteiger partial charge is 0.334 e. The number of carbonyl (C=O) groups is 11. The number of ether oxygens (including phenoxy) is 2. The van der Waals surface area contributed by atoms with Crippen LogP contribution in [0.5, 0.6) is 0 Å². The van der Waals surface area contributed by atoms with Crippen LogP contribution in [0.1, 0.15) is 51.4 Å². The molecule has 0 fully saturated rings. The summed E-state index contributed by atoms with van der Waals surface area (Å²) in [4.78, 5) is 136. The van der Waals surface area contributed by atoms with Gasteiger partial charge in [-0.15, -0.1) is 0 Å². The molecule has 0 aliphatic rings. The lowest BCUT2D eigenvalue weighted by Crippen LogP contribution is -2.50. The molecule has 0 radical (unpaired) electrons. The van der Waals surface area contributed by atoms with Gasteiger partial charge in [-0.05, 0) is 63.0 Å². The van der Waals surface area contributed by atoms with Gasteiger partial charge in [-0.3, -0.25) is 4.79 Å². The summed E-state index contributed by atoms with van der Waals surface area (Å²) >= 11 is 0. The lowest BCUT2D eigenvalue weighted by molar-refractivity contribution is -0.158. The molecule has 0 aromatic heterocycles. The van der Waals surface area contributed by atoms with Crippen LogP contribution >= 0.6 is 0 Å². The molecular weight excluding hydrogens is 880 g/mol. The third-order valence-electron chi connectivity index (χ3n) is 9.01.